The van der Waals surface area contributed by atoms with Crippen molar-refractivity contribution in [2.75, 3.05) is 0 Å². The molecule has 0 saturated carbocycles. The summed E-state index contributed by atoms with van der Waals surface area (Å²) in [5.41, 5.74) is 7.66. The first kappa shape index (κ1) is 13.1. The fourth-order valence-electron chi connectivity index (χ4n) is 2.22. The lowest BCUT2D eigenvalue weighted by Crippen LogP contribution is -2.10. The summed E-state index contributed by atoms with van der Waals surface area (Å²) in [6, 6.07) is 10.2. The molecule has 0 saturated heterocycles. The van der Waals surface area contributed by atoms with Gasteiger partial charge in [0.15, 0.2) is 0 Å². The molecule has 0 atom stereocenters. The van der Waals surface area contributed by atoms with Gasteiger partial charge in [0.1, 0.15) is 4.83 Å². The van der Waals surface area contributed by atoms with Gasteiger partial charge < -0.3 is 5.73 Å². The summed E-state index contributed by atoms with van der Waals surface area (Å²) in [7, 11) is 0. The molecule has 3 nitrogen and oxygen atoms in total. The summed E-state index contributed by atoms with van der Waals surface area (Å²) in [5.74, 6) is -0.396. The van der Waals surface area contributed by atoms with E-state index >= 15 is 0 Å². The zero-order valence-electron chi connectivity index (χ0n) is 11.7. The molecule has 0 aliphatic rings. The third-order valence-electron chi connectivity index (χ3n) is 3.41. The fraction of sp³-hybridized carbons (Fsp3) is 0.250. The zero-order valence-corrected chi connectivity index (χ0v) is 12.5. The van der Waals surface area contributed by atoms with Crippen LogP contribution in [0, 0.1) is 0 Å². The van der Waals surface area contributed by atoms with Crippen LogP contribution in [0.3, 0.4) is 0 Å². The number of nitrogens with two attached hydrogens (primary N) is 1. The molecule has 4 heteroatoms. The first-order chi connectivity index (χ1) is 9.34. The van der Waals surface area contributed by atoms with E-state index in [0.29, 0.717) is 4.88 Å². The molecule has 0 aliphatic carbocycles. The molecular formula is C16H16N2OS. The van der Waals surface area contributed by atoms with Gasteiger partial charge in [-0.2, -0.15) is 0 Å². The highest BCUT2D eigenvalue weighted by Gasteiger charge is 2.15. The van der Waals surface area contributed by atoms with Gasteiger partial charge in [0.05, 0.1) is 10.4 Å². The second-order valence-electron chi connectivity index (χ2n) is 6.02. The number of carbonyl (C=O) groups is 1. The maximum absolute atomic E-state index is 11.3. The van der Waals surface area contributed by atoms with Crippen molar-refractivity contribution in [3.63, 3.8) is 0 Å². The van der Waals surface area contributed by atoms with Crippen LogP contribution in [0.4, 0.5) is 0 Å². The van der Waals surface area contributed by atoms with Gasteiger partial charge in [-0.1, -0.05) is 26.8 Å². The molecule has 0 aliphatic heterocycles. The van der Waals surface area contributed by atoms with Crippen LogP contribution in [0.15, 0.2) is 30.3 Å². The Kier molecular flexibility index (Phi) is 2.80. The zero-order chi connectivity index (χ0) is 14.5. The molecule has 2 N–H and O–H groups in total. The second kappa shape index (κ2) is 4.28. The molecule has 20 heavy (non-hydrogen) atoms. The summed E-state index contributed by atoms with van der Waals surface area (Å²) < 4.78 is 0. The maximum atomic E-state index is 11.3. The molecule has 2 aromatic heterocycles. The Morgan fingerprint density at radius 1 is 1.15 bits per heavy atom. The standard InChI is InChI=1S/C16H16N2OS/c1-16(2,3)11-4-5-12-9(7-11)6-10-8-13(14(17)19)20-15(10)18-12/h4-8H,1-3H3,(H2,17,19). The van der Waals surface area contributed by atoms with Crippen LogP contribution < -0.4 is 5.73 Å². The van der Waals surface area contributed by atoms with Crippen molar-refractivity contribution in [1.82, 2.24) is 4.98 Å². The number of hydrogen-bond acceptors (Lipinski definition) is 3. The van der Waals surface area contributed by atoms with Gasteiger partial charge in [0.2, 0.25) is 0 Å². The van der Waals surface area contributed by atoms with Crippen molar-refractivity contribution in [2.24, 2.45) is 5.73 Å². The van der Waals surface area contributed by atoms with Crippen molar-refractivity contribution >= 4 is 38.4 Å². The SMILES string of the molecule is CC(C)(C)c1ccc2nc3sc(C(N)=O)cc3cc2c1. The minimum absolute atomic E-state index is 0.107. The predicted molar refractivity (Wildman–Crippen MR) is 84.3 cm³/mol. The Morgan fingerprint density at radius 3 is 2.55 bits per heavy atom. The molecule has 0 bridgehead atoms. The normalized spacial score (nSPS) is 12.2. The van der Waals surface area contributed by atoms with Gasteiger partial charge >= 0.3 is 0 Å². The van der Waals surface area contributed by atoms with E-state index in [1.54, 1.807) is 0 Å². The Hall–Kier alpha value is -1.94. The number of carbonyl (C=O) groups excluding carboxylic acids is 1. The van der Waals surface area contributed by atoms with E-state index in [4.69, 9.17) is 5.73 Å². The van der Waals surface area contributed by atoms with Crippen LogP contribution in [0.5, 0.6) is 0 Å². The van der Waals surface area contributed by atoms with Crippen LogP contribution in [-0.4, -0.2) is 10.9 Å². The van der Waals surface area contributed by atoms with Crippen molar-refractivity contribution < 1.29 is 4.79 Å². The number of rotatable bonds is 1. The van der Waals surface area contributed by atoms with Gasteiger partial charge in [-0.05, 0) is 35.2 Å². The number of nitrogens with zero attached hydrogens (tertiary/aromatic N) is 1. The summed E-state index contributed by atoms with van der Waals surface area (Å²) in [6.45, 7) is 6.57. The average molecular weight is 284 g/mol. The number of thiophene rings is 1. The molecular weight excluding hydrogens is 268 g/mol. The van der Waals surface area contributed by atoms with Gasteiger partial charge in [-0.3, -0.25) is 4.79 Å². The van der Waals surface area contributed by atoms with Crippen LogP contribution >= 0.6 is 11.3 Å². The van der Waals surface area contributed by atoms with Gasteiger partial charge in [0, 0.05) is 10.8 Å². The van der Waals surface area contributed by atoms with Crippen LogP contribution in [0.2, 0.25) is 0 Å². The van der Waals surface area contributed by atoms with Crippen molar-refractivity contribution in [2.45, 2.75) is 26.2 Å². The Morgan fingerprint density at radius 2 is 1.90 bits per heavy atom. The van der Waals surface area contributed by atoms with Crippen LogP contribution in [0.1, 0.15) is 36.0 Å². The van der Waals surface area contributed by atoms with Crippen molar-refractivity contribution in [3.8, 4) is 0 Å². The number of amides is 1. The molecule has 1 amide bonds. The molecule has 0 unspecified atom stereocenters. The first-order valence-electron chi connectivity index (χ1n) is 6.49. The van der Waals surface area contributed by atoms with E-state index in [1.165, 1.54) is 16.9 Å². The summed E-state index contributed by atoms with van der Waals surface area (Å²) in [5, 5.41) is 2.07. The Bertz CT molecular complexity index is 827. The predicted octanol–water partition coefficient (Wildman–Crippen LogP) is 3.85. The average Bonchev–Trinajstić information content (AvgIpc) is 2.77. The van der Waals surface area contributed by atoms with Gasteiger partial charge in [0.25, 0.3) is 5.91 Å². The number of primary amides is 1. The van der Waals surface area contributed by atoms with E-state index in [2.05, 4.69) is 44.0 Å². The van der Waals surface area contributed by atoms with E-state index in [0.717, 1.165) is 21.1 Å². The third-order valence-corrected chi connectivity index (χ3v) is 4.47. The topological polar surface area (TPSA) is 56.0 Å². The highest BCUT2D eigenvalue weighted by molar-refractivity contribution is 7.20. The van der Waals surface area contributed by atoms with Crippen molar-refractivity contribution in [1.29, 1.82) is 0 Å². The number of pyridine rings is 1. The highest BCUT2D eigenvalue weighted by atomic mass is 32.1. The maximum Gasteiger partial charge on any atom is 0.258 e. The Balaban J connectivity index is 2.25. The molecule has 3 rings (SSSR count). The number of benzene rings is 1. The summed E-state index contributed by atoms with van der Waals surface area (Å²) in [4.78, 5) is 17.3. The smallest absolute Gasteiger partial charge is 0.258 e. The molecule has 1 aromatic carbocycles. The molecule has 0 spiro atoms. The number of aromatic nitrogens is 1. The van der Waals surface area contributed by atoms with E-state index in [-0.39, 0.29) is 5.41 Å². The molecule has 0 fully saturated rings. The molecule has 3 aromatic rings. The Labute approximate surface area is 121 Å². The lowest BCUT2D eigenvalue weighted by atomic mass is 9.86. The minimum Gasteiger partial charge on any atom is -0.365 e. The summed E-state index contributed by atoms with van der Waals surface area (Å²) >= 11 is 1.34. The number of hydrogen-bond donors (Lipinski definition) is 1. The molecule has 102 valence electrons. The third kappa shape index (κ3) is 2.16. The van der Waals surface area contributed by atoms with E-state index < -0.39 is 5.91 Å². The van der Waals surface area contributed by atoms with Crippen LogP contribution in [-0.2, 0) is 5.41 Å². The lowest BCUT2D eigenvalue weighted by molar-refractivity contribution is 0.100. The largest absolute Gasteiger partial charge is 0.365 e. The second-order valence-corrected chi connectivity index (χ2v) is 7.05. The lowest BCUT2D eigenvalue weighted by Gasteiger charge is -2.19. The van der Waals surface area contributed by atoms with Crippen LogP contribution in [0.25, 0.3) is 21.1 Å². The van der Waals surface area contributed by atoms with Gasteiger partial charge in [-0.15, -0.1) is 11.3 Å². The monoisotopic (exact) mass is 284 g/mol. The molecule has 0 radical (unpaired) electrons. The minimum atomic E-state index is -0.396. The van der Waals surface area contributed by atoms with Crippen molar-refractivity contribution in [3.05, 3.63) is 40.8 Å². The summed E-state index contributed by atoms with van der Waals surface area (Å²) in [6.07, 6.45) is 0. The van der Waals surface area contributed by atoms with E-state index in [1.807, 2.05) is 12.1 Å². The molecule has 2 heterocycles. The highest BCUT2D eigenvalue weighted by Crippen LogP contribution is 2.30. The number of fused-ring (bicyclic) bond motifs is 2. The quantitative estimate of drug-likeness (QED) is 0.738. The first-order valence-corrected chi connectivity index (χ1v) is 7.31. The van der Waals surface area contributed by atoms with E-state index in [9.17, 15) is 4.79 Å². The fourth-order valence-corrected chi connectivity index (χ4v) is 3.10. The van der Waals surface area contributed by atoms with Gasteiger partial charge in [-0.25, -0.2) is 4.98 Å².